The molecule has 1 amide bonds. The van der Waals surface area contributed by atoms with Gasteiger partial charge in [0.15, 0.2) is 5.96 Å². The summed E-state index contributed by atoms with van der Waals surface area (Å²) in [7, 11) is 1.74. The molecule has 2 rings (SSSR count). The van der Waals surface area contributed by atoms with Crippen LogP contribution in [0.15, 0.2) is 29.3 Å². The van der Waals surface area contributed by atoms with Gasteiger partial charge in [-0.2, -0.15) is 0 Å². The summed E-state index contributed by atoms with van der Waals surface area (Å²) in [6.07, 6.45) is 2.60. The fraction of sp³-hybridized carbons (Fsp3) is 0.652. The third-order valence-corrected chi connectivity index (χ3v) is 4.64. The molecule has 1 aromatic carbocycles. The topological polar surface area (TPSA) is 93.2 Å². The molecule has 9 heteroatoms. The second-order valence-electron chi connectivity index (χ2n) is 8.58. The van der Waals surface area contributed by atoms with E-state index in [1.54, 1.807) is 7.05 Å². The maximum absolute atomic E-state index is 11.6. The van der Waals surface area contributed by atoms with Crippen molar-refractivity contribution in [1.82, 2.24) is 16.0 Å². The largest absolute Gasteiger partial charge is 0.444 e. The van der Waals surface area contributed by atoms with Crippen LogP contribution in [0.5, 0.6) is 0 Å². The zero-order valence-corrected chi connectivity index (χ0v) is 22.1. The summed E-state index contributed by atoms with van der Waals surface area (Å²) >= 11 is 0. The minimum atomic E-state index is -0.484. The molecule has 0 aromatic heterocycles. The third kappa shape index (κ3) is 12.4. The molecule has 0 spiro atoms. The SMILES string of the molecule is CN=C(NCCCNC(=O)OC(C)(C)C)NCc1cccc(COC2CCOCC2)c1.I. The van der Waals surface area contributed by atoms with Gasteiger partial charge in [-0.05, 0) is 51.2 Å². The van der Waals surface area contributed by atoms with Crippen molar-refractivity contribution in [3.63, 3.8) is 0 Å². The van der Waals surface area contributed by atoms with Crippen LogP contribution in [-0.4, -0.2) is 57.1 Å². The van der Waals surface area contributed by atoms with Crippen molar-refractivity contribution in [2.45, 2.75) is 64.9 Å². The standard InChI is InChI=1S/C23H38N4O4.HI/c1-23(2,3)31-22(28)26-12-6-11-25-21(24-4)27-16-18-7-5-8-19(15-18)17-30-20-9-13-29-14-10-20;/h5,7-8,15,20H,6,9-14,16-17H2,1-4H3,(H,26,28)(H2,24,25,27);1H. The van der Waals surface area contributed by atoms with Crippen LogP contribution in [0, 0.1) is 0 Å². The van der Waals surface area contributed by atoms with Crippen LogP contribution in [0.4, 0.5) is 4.79 Å². The fourth-order valence-electron chi connectivity index (χ4n) is 3.09. The number of guanidine groups is 1. The lowest BCUT2D eigenvalue weighted by Crippen LogP contribution is -2.39. The lowest BCUT2D eigenvalue weighted by molar-refractivity contribution is -0.0390. The molecule has 1 heterocycles. The average molecular weight is 562 g/mol. The van der Waals surface area contributed by atoms with E-state index in [9.17, 15) is 4.79 Å². The van der Waals surface area contributed by atoms with Gasteiger partial charge < -0.3 is 30.2 Å². The highest BCUT2D eigenvalue weighted by molar-refractivity contribution is 14.0. The van der Waals surface area contributed by atoms with Crippen LogP contribution in [0.1, 0.15) is 51.2 Å². The Morgan fingerprint density at radius 1 is 1.12 bits per heavy atom. The molecule has 0 saturated carbocycles. The van der Waals surface area contributed by atoms with E-state index in [2.05, 4.69) is 45.2 Å². The number of aliphatic imine (C=N–C) groups is 1. The molecule has 3 N–H and O–H groups in total. The normalized spacial score (nSPS) is 14.9. The summed E-state index contributed by atoms with van der Waals surface area (Å²) in [5.74, 6) is 0.723. The first-order chi connectivity index (χ1) is 14.9. The maximum atomic E-state index is 11.6. The van der Waals surface area contributed by atoms with Gasteiger partial charge in [-0.15, -0.1) is 24.0 Å². The molecule has 1 aliphatic rings. The first-order valence-electron chi connectivity index (χ1n) is 11.0. The molecule has 1 saturated heterocycles. The average Bonchev–Trinajstić information content (AvgIpc) is 2.74. The summed E-state index contributed by atoms with van der Waals surface area (Å²) in [5.41, 5.74) is 1.85. The van der Waals surface area contributed by atoms with Gasteiger partial charge in [0.05, 0.1) is 12.7 Å². The highest BCUT2D eigenvalue weighted by Gasteiger charge is 2.15. The van der Waals surface area contributed by atoms with Gasteiger partial charge in [0.2, 0.25) is 0 Å². The minimum absolute atomic E-state index is 0. The van der Waals surface area contributed by atoms with Gasteiger partial charge >= 0.3 is 6.09 Å². The Balaban J connectivity index is 0.00000512. The van der Waals surface area contributed by atoms with Crippen molar-refractivity contribution in [1.29, 1.82) is 0 Å². The van der Waals surface area contributed by atoms with Crippen LogP contribution in [0.2, 0.25) is 0 Å². The van der Waals surface area contributed by atoms with Gasteiger partial charge in [0.25, 0.3) is 0 Å². The summed E-state index contributed by atoms with van der Waals surface area (Å²) in [6, 6.07) is 8.39. The number of rotatable bonds is 9. The van der Waals surface area contributed by atoms with Gasteiger partial charge in [-0.3, -0.25) is 4.99 Å². The third-order valence-electron chi connectivity index (χ3n) is 4.64. The number of carbonyl (C=O) groups excluding carboxylic acids is 1. The van der Waals surface area contributed by atoms with Crippen molar-refractivity contribution in [2.75, 3.05) is 33.4 Å². The van der Waals surface area contributed by atoms with Crippen molar-refractivity contribution >= 4 is 36.0 Å². The predicted octanol–water partition coefficient (Wildman–Crippen LogP) is 3.58. The molecule has 0 radical (unpaired) electrons. The van der Waals surface area contributed by atoms with E-state index in [1.165, 1.54) is 11.1 Å². The second kappa shape index (κ2) is 15.3. The molecule has 0 aliphatic carbocycles. The Kier molecular flexibility index (Phi) is 13.6. The van der Waals surface area contributed by atoms with Crippen LogP contribution < -0.4 is 16.0 Å². The molecule has 32 heavy (non-hydrogen) atoms. The quantitative estimate of drug-likeness (QED) is 0.185. The Bertz CT molecular complexity index is 703. The molecule has 8 nitrogen and oxygen atoms in total. The van der Waals surface area contributed by atoms with Gasteiger partial charge in [0.1, 0.15) is 5.60 Å². The number of amides is 1. The van der Waals surface area contributed by atoms with E-state index >= 15 is 0 Å². The lowest BCUT2D eigenvalue weighted by atomic mass is 10.1. The zero-order chi connectivity index (χ0) is 22.5. The minimum Gasteiger partial charge on any atom is -0.444 e. The van der Waals surface area contributed by atoms with Crippen molar-refractivity contribution < 1.29 is 19.0 Å². The van der Waals surface area contributed by atoms with E-state index in [-0.39, 0.29) is 24.0 Å². The molecule has 0 atom stereocenters. The first-order valence-corrected chi connectivity index (χ1v) is 11.0. The molecule has 1 fully saturated rings. The Morgan fingerprint density at radius 2 is 1.81 bits per heavy atom. The summed E-state index contributed by atoms with van der Waals surface area (Å²) in [4.78, 5) is 15.9. The number of ether oxygens (including phenoxy) is 3. The monoisotopic (exact) mass is 562 g/mol. The summed E-state index contributed by atoms with van der Waals surface area (Å²) < 4.78 is 16.6. The Morgan fingerprint density at radius 3 is 2.50 bits per heavy atom. The van der Waals surface area contributed by atoms with Gasteiger partial charge in [0, 0.05) is 39.9 Å². The summed E-state index contributed by atoms with van der Waals surface area (Å²) in [5, 5.41) is 9.32. The number of benzene rings is 1. The van der Waals surface area contributed by atoms with Crippen molar-refractivity contribution in [3.05, 3.63) is 35.4 Å². The molecular formula is C23H39IN4O4. The Labute approximate surface area is 209 Å². The lowest BCUT2D eigenvalue weighted by Gasteiger charge is -2.22. The number of nitrogens with zero attached hydrogens (tertiary/aromatic N) is 1. The highest BCUT2D eigenvalue weighted by atomic mass is 127. The van der Waals surface area contributed by atoms with E-state index in [1.807, 2.05) is 20.8 Å². The number of halogens is 1. The first kappa shape index (κ1) is 28.4. The molecule has 182 valence electrons. The number of carbonyl (C=O) groups is 1. The predicted molar refractivity (Wildman–Crippen MR) is 138 cm³/mol. The molecule has 1 aliphatic heterocycles. The number of hydrogen-bond donors (Lipinski definition) is 3. The molecule has 0 unspecified atom stereocenters. The molecular weight excluding hydrogens is 523 g/mol. The van der Waals surface area contributed by atoms with Crippen molar-refractivity contribution in [2.24, 2.45) is 4.99 Å². The van der Waals surface area contributed by atoms with Crippen LogP contribution in [-0.2, 0) is 27.4 Å². The Hall–Kier alpha value is -1.59. The van der Waals surface area contributed by atoms with E-state index < -0.39 is 11.7 Å². The van der Waals surface area contributed by atoms with Gasteiger partial charge in [-0.1, -0.05) is 24.3 Å². The van der Waals surface area contributed by atoms with Crippen molar-refractivity contribution in [3.8, 4) is 0 Å². The zero-order valence-electron chi connectivity index (χ0n) is 19.7. The molecule has 0 bridgehead atoms. The number of hydrogen-bond acceptors (Lipinski definition) is 5. The van der Waals surface area contributed by atoms with Crippen LogP contribution in [0.3, 0.4) is 0 Å². The fourth-order valence-corrected chi connectivity index (χ4v) is 3.09. The number of nitrogens with one attached hydrogen (secondary N) is 3. The maximum Gasteiger partial charge on any atom is 0.407 e. The van der Waals surface area contributed by atoms with E-state index in [0.717, 1.165) is 38.4 Å². The summed E-state index contributed by atoms with van der Waals surface area (Å²) in [6.45, 7) is 9.63. The highest BCUT2D eigenvalue weighted by Crippen LogP contribution is 2.14. The van der Waals surface area contributed by atoms with Crippen LogP contribution in [0.25, 0.3) is 0 Å². The van der Waals surface area contributed by atoms with Gasteiger partial charge in [-0.25, -0.2) is 4.79 Å². The van der Waals surface area contributed by atoms with E-state index in [0.29, 0.717) is 32.3 Å². The second-order valence-corrected chi connectivity index (χ2v) is 8.58. The van der Waals surface area contributed by atoms with Crippen LogP contribution >= 0.6 is 24.0 Å². The smallest absolute Gasteiger partial charge is 0.407 e. The molecule has 1 aromatic rings. The number of alkyl carbamates (subject to hydrolysis) is 1. The van der Waals surface area contributed by atoms with E-state index in [4.69, 9.17) is 14.2 Å².